The fourth-order valence-electron chi connectivity index (χ4n) is 1.42. The molecule has 1 aromatic rings. The summed E-state index contributed by atoms with van der Waals surface area (Å²) in [5.74, 6) is -1.43. The molecule has 0 saturated carbocycles. The lowest BCUT2D eigenvalue weighted by atomic mass is 10.0. The van der Waals surface area contributed by atoms with Crippen LogP contribution in [0.5, 0.6) is 0 Å². The molecule has 0 aliphatic heterocycles. The van der Waals surface area contributed by atoms with Gasteiger partial charge in [-0.25, -0.2) is 4.79 Å². The van der Waals surface area contributed by atoms with Gasteiger partial charge >= 0.3 is 11.9 Å². The molecule has 0 aromatic heterocycles. The summed E-state index contributed by atoms with van der Waals surface area (Å²) >= 11 is 0. The molecule has 0 fully saturated rings. The molecule has 0 heterocycles. The second-order valence-electron chi connectivity index (χ2n) is 3.68. The van der Waals surface area contributed by atoms with Gasteiger partial charge < -0.3 is 15.6 Å². The van der Waals surface area contributed by atoms with Crippen molar-refractivity contribution in [2.45, 2.75) is 18.9 Å². The van der Waals surface area contributed by atoms with Crippen LogP contribution in [0.2, 0.25) is 0 Å². The Kier molecular flexibility index (Phi) is 4.66. The van der Waals surface area contributed by atoms with Gasteiger partial charge in [0.15, 0.2) is 0 Å². The molecule has 0 unspecified atom stereocenters. The second kappa shape index (κ2) is 6.00. The normalized spacial score (nSPS) is 11.9. The highest BCUT2D eigenvalue weighted by Crippen LogP contribution is 2.09. The highest BCUT2D eigenvalue weighted by Gasteiger charge is 2.12. The molecule has 5 nitrogen and oxygen atoms in total. The van der Waals surface area contributed by atoms with E-state index in [1.54, 1.807) is 18.2 Å². The number of esters is 1. The van der Waals surface area contributed by atoms with Crippen LogP contribution >= 0.6 is 0 Å². The number of nitrogens with two attached hydrogens (primary N) is 1. The second-order valence-corrected chi connectivity index (χ2v) is 3.68. The van der Waals surface area contributed by atoms with E-state index in [9.17, 15) is 9.59 Å². The number of aryl methyl sites for hydroxylation is 1. The maximum absolute atomic E-state index is 11.3. The van der Waals surface area contributed by atoms with Gasteiger partial charge in [0.25, 0.3) is 0 Å². The SMILES string of the molecule is COC(=O)c1cccc(CC[C@@H](N)C(=O)O)c1. The number of hydrogen-bond donors (Lipinski definition) is 2. The highest BCUT2D eigenvalue weighted by atomic mass is 16.5. The standard InChI is InChI=1S/C12H15NO4/c1-17-12(16)9-4-2-3-8(7-9)5-6-10(13)11(14)15/h2-4,7,10H,5-6,13H2,1H3,(H,14,15)/t10-/m1/s1. The summed E-state index contributed by atoms with van der Waals surface area (Å²) in [6.07, 6.45) is 0.845. The van der Waals surface area contributed by atoms with Gasteiger partial charge in [-0.1, -0.05) is 12.1 Å². The highest BCUT2D eigenvalue weighted by molar-refractivity contribution is 5.89. The van der Waals surface area contributed by atoms with Gasteiger partial charge in [-0.05, 0) is 30.5 Å². The number of aliphatic carboxylic acids is 1. The Morgan fingerprint density at radius 3 is 2.76 bits per heavy atom. The van der Waals surface area contributed by atoms with Crippen molar-refractivity contribution in [1.82, 2.24) is 0 Å². The number of carboxylic acids is 1. The van der Waals surface area contributed by atoms with E-state index in [1.807, 2.05) is 6.07 Å². The summed E-state index contributed by atoms with van der Waals surface area (Å²) in [5, 5.41) is 8.64. The van der Waals surface area contributed by atoms with Gasteiger partial charge in [0, 0.05) is 0 Å². The van der Waals surface area contributed by atoms with E-state index in [1.165, 1.54) is 7.11 Å². The Hall–Kier alpha value is -1.88. The molecule has 0 aliphatic rings. The summed E-state index contributed by atoms with van der Waals surface area (Å²) in [7, 11) is 1.31. The Morgan fingerprint density at radius 1 is 1.47 bits per heavy atom. The van der Waals surface area contributed by atoms with Crippen molar-refractivity contribution < 1.29 is 19.4 Å². The van der Waals surface area contributed by atoms with Crippen molar-refractivity contribution in [1.29, 1.82) is 0 Å². The van der Waals surface area contributed by atoms with Gasteiger partial charge in [-0.15, -0.1) is 0 Å². The van der Waals surface area contributed by atoms with Crippen LogP contribution in [0.15, 0.2) is 24.3 Å². The first-order chi connectivity index (χ1) is 8.04. The first-order valence-corrected chi connectivity index (χ1v) is 5.20. The fourth-order valence-corrected chi connectivity index (χ4v) is 1.42. The first-order valence-electron chi connectivity index (χ1n) is 5.20. The molecule has 0 bridgehead atoms. The third-order valence-corrected chi connectivity index (χ3v) is 2.41. The molecule has 0 radical (unpaired) electrons. The van der Waals surface area contributed by atoms with E-state index >= 15 is 0 Å². The zero-order chi connectivity index (χ0) is 12.8. The predicted octanol–water partition coefficient (Wildman–Crippen LogP) is 0.818. The average molecular weight is 237 g/mol. The minimum absolute atomic E-state index is 0.333. The molecular formula is C12H15NO4. The van der Waals surface area contributed by atoms with E-state index in [2.05, 4.69) is 4.74 Å². The van der Waals surface area contributed by atoms with E-state index in [-0.39, 0.29) is 0 Å². The van der Waals surface area contributed by atoms with Crippen molar-refractivity contribution in [3.05, 3.63) is 35.4 Å². The van der Waals surface area contributed by atoms with Crippen molar-refractivity contribution in [2.75, 3.05) is 7.11 Å². The molecule has 3 N–H and O–H groups in total. The Balaban J connectivity index is 2.66. The molecule has 1 atom stereocenters. The minimum atomic E-state index is -1.02. The molecule has 0 amide bonds. The minimum Gasteiger partial charge on any atom is -0.480 e. The van der Waals surface area contributed by atoms with Crippen LogP contribution in [0.1, 0.15) is 22.3 Å². The maximum Gasteiger partial charge on any atom is 0.337 e. The summed E-state index contributed by atoms with van der Waals surface area (Å²) in [5.41, 5.74) is 6.72. The number of carbonyl (C=O) groups excluding carboxylic acids is 1. The van der Waals surface area contributed by atoms with Gasteiger partial charge in [-0.3, -0.25) is 4.79 Å². The Bertz CT molecular complexity index is 417. The third-order valence-electron chi connectivity index (χ3n) is 2.41. The van der Waals surface area contributed by atoms with Crippen molar-refractivity contribution in [3.8, 4) is 0 Å². The molecule has 0 aliphatic carbocycles. The van der Waals surface area contributed by atoms with Crippen molar-refractivity contribution in [2.24, 2.45) is 5.73 Å². The summed E-state index contributed by atoms with van der Waals surface area (Å²) < 4.78 is 4.60. The number of rotatable bonds is 5. The van der Waals surface area contributed by atoms with E-state index in [0.29, 0.717) is 18.4 Å². The third kappa shape index (κ3) is 3.88. The smallest absolute Gasteiger partial charge is 0.337 e. The monoisotopic (exact) mass is 237 g/mol. The lowest BCUT2D eigenvalue weighted by Gasteiger charge is -2.07. The molecule has 92 valence electrons. The van der Waals surface area contributed by atoms with Gasteiger partial charge in [0.2, 0.25) is 0 Å². The maximum atomic E-state index is 11.3. The van der Waals surface area contributed by atoms with E-state index in [4.69, 9.17) is 10.8 Å². The van der Waals surface area contributed by atoms with Crippen molar-refractivity contribution in [3.63, 3.8) is 0 Å². The number of hydrogen-bond acceptors (Lipinski definition) is 4. The predicted molar refractivity (Wildman–Crippen MR) is 61.7 cm³/mol. The van der Waals surface area contributed by atoms with Crippen LogP contribution in [-0.4, -0.2) is 30.2 Å². The van der Waals surface area contributed by atoms with E-state index < -0.39 is 18.0 Å². The molecule has 5 heteroatoms. The first kappa shape index (κ1) is 13.2. The number of carbonyl (C=O) groups is 2. The zero-order valence-electron chi connectivity index (χ0n) is 9.55. The largest absolute Gasteiger partial charge is 0.480 e. The molecule has 0 saturated heterocycles. The number of benzene rings is 1. The lowest BCUT2D eigenvalue weighted by Crippen LogP contribution is -2.30. The number of methoxy groups -OCH3 is 1. The topological polar surface area (TPSA) is 89.6 Å². The Morgan fingerprint density at radius 2 is 2.18 bits per heavy atom. The molecule has 0 spiro atoms. The summed E-state index contributed by atoms with van der Waals surface area (Å²) in [6, 6.07) is 6.00. The molecule has 17 heavy (non-hydrogen) atoms. The fraction of sp³-hybridized carbons (Fsp3) is 0.333. The quantitative estimate of drug-likeness (QED) is 0.740. The van der Waals surface area contributed by atoms with Crippen LogP contribution in [0.3, 0.4) is 0 Å². The van der Waals surface area contributed by atoms with Crippen LogP contribution in [0, 0.1) is 0 Å². The van der Waals surface area contributed by atoms with Gasteiger partial charge in [0.1, 0.15) is 6.04 Å². The van der Waals surface area contributed by atoms with Gasteiger partial charge in [-0.2, -0.15) is 0 Å². The van der Waals surface area contributed by atoms with Crippen LogP contribution in [-0.2, 0) is 16.0 Å². The van der Waals surface area contributed by atoms with Crippen LogP contribution in [0.4, 0.5) is 0 Å². The molecular weight excluding hydrogens is 222 g/mol. The van der Waals surface area contributed by atoms with Crippen LogP contribution in [0.25, 0.3) is 0 Å². The zero-order valence-corrected chi connectivity index (χ0v) is 9.55. The van der Waals surface area contributed by atoms with Gasteiger partial charge in [0.05, 0.1) is 12.7 Å². The summed E-state index contributed by atoms with van der Waals surface area (Å²) in [6.45, 7) is 0. The Labute approximate surface area is 99.2 Å². The molecule has 1 rings (SSSR count). The lowest BCUT2D eigenvalue weighted by molar-refractivity contribution is -0.138. The van der Waals surface area contributed by atoms with Crippen molar-refractivity contribution >= 4 is 11.9 Å². The number of ether oxygens (including phenoxy) is 1. The van der Waals surface area contributed by atoms with Crippen LogP contribution < -0.4 is 5.73 Å². The average Bonchev–Trinajstić information content (AvgIpc) is 2.35. The van der Waals surface area contributed by atoms with E-state index in [0.717, 1.165) is 5.56 Å². The molecule has 1 aromatic carbocycles. The summed E-state index contributed by atoms with van der Waals surface area (Å²) in [4.78, 5) is 21.8. The number of carboxylic acid groups (broad SMARTS) is 1.